The summed E-state index contributed by atoms with van der Waals surface area (Å²) in [5, 5.41) is 5.89. The maximum absolute atomic E-state index is 12.5. The number of aromatic nitrogens is 3. The molecule has 2 heterocycles. The van der Waals surface area contributed by atoms with E-state index in [-0.39, 0.29) is 17.4 Å². The maximum Gasteiger partial charge on any atom is 0.271 e. The molecule has 1 unspecified atom stereocenters. The second kappa shape index (κ2) is 7.23. The van der Waals surface area contributed by atoms with E-state index in [9.17, 15) is 4.79 Å². The second-order valence-corrected chi connectivity index (χ2v) is 7.96. The number of carbonyl (C=O) groups excluding carboxylic acids is 1. The Morgan fingerprint density at radius 2 is 2.17 bits per heavy atom. The first-order valence-corrected chi connectivity index (χ1v) is 8.49. The largest absolute Gasteiger partial charge is 0.346 e. The van der Waals surface area contributed by atoms with Gasteiger partial charge in [0.15, 0.2) is 0 Å². The Morgan fingerprint density at radius 3 is 2.74 bits per heavy atom. The normalized spacial score (nSPS) is 13.3. The third-order valence-corrected chi connectivity index (χ3v) is 4.37. The molecule has 7 heteroatoms. The fraction of sp³-hybridized carbons (Fsp3) is 0.562. The van der Waals surface area contributed by atoms with Gasteiger partial charge in [0.25, 0.3) is 5.91 Å². The van der Waals surface area contributed by atoms with Crippen molar-refractivity contribution < 1.29 is 4.79 Å². The molecule has 2 aromatic heterocycles. The Balaban J connectivity index is 2.06. The molecule has 0 spiro atoms. The molecular formula is C16H25N5OS. The van der Waals surface area contributed by atoms with Crippen molar-refractivity contribution in [2.45, 2.75) is 39.9 Å². The molecule has 6 nitrogen and oxygen atoms in total. The Bertz CT molecular complexity index is 627. The van der Waals surface area contributed by atoms with Gasteiger partial charge in [0.1, 0.15) is 10.7 Å². The molecule has 2 aromatic rings. The average molecular weight is 335 g/mol. The monoisotopic (exact) mass is 335 g/mol. The summed E-state index contributed by atoms with van der Waals surface area (Å²) in [6.45, 7) is 7.79. The molecule has 0 aromatic carbocycles. The highest BCUT2D eigenvalue weighted by atomic mass is 32.1. The van der Waals surface area contributed by atoms with Gasteiger partial charge in [-0.15, -0.1) is 11.3 Å². The third kappa shape index (κ3) is 5.14. The van der Waals surface area contributed by atoms with E-state index in [1.54, 1.807) is 12.5 Å². The Hall–Kier alpha value is -1.73. The van der Waals surface area contributed by atoms with Gasteiger partial charge in [0, 0.05) is 30.9 Å². The lowest BCUT2D eigenvalue weighted by Gasteiger charge is -2.31. The van der Waals surface area contributed by atoms with Gasteiger partial charge in [-0.25, -0.2) is 9.97 Å². The summed E-state index contributed by atoms with van der Waals surface area (Å²) >= 11 is 1.52. The van der Waals surface area contributed by atoms with Crippen LogP contribution in [0.4, 0.5) is 0 Å². The molecule has 23 heavy (non-hydrogen) atoms. The zero-order valence-corrected chi connectivity index (χ0v) is 15.2. The van der Waals surface area contributed by atoms with Crippen LogP contribution in [0.15, 0.2) is 24.1 Å². The van der Waals surface area contributed by atoms with Gasteiger partial charge in [0.2, 0.25) is 0 Å². The minimum absolute atomic E-state index is 0.0109. The molecule has 1 atom stereocenters. The third-order valence-electron chi connectivity index (χ3n) is 3.54. The number of nitrogens with one attached hydrogen (secondary N) is 1. The molecular weight excluding hydrogens is 310 g/mol. The zero-order chi connectivity index (χ0) is 17.0. The van der Waals surface area contributed by atoms with E-state index in [2.05, 4.69) is 36.1 Å². The lowest BCUT2D eigenvalue weighted by atomic mass is 9.86. The van der Waals surface area contributed by atoms with Crippen LogP contribution in [0.3, 0.4) is 0 Å². The Kier molecular flexibility index (Phi) is 5.54. The first kappa shape index (κ1) is 17.6. The summed E-state index contributed by atoms with van der Waals surface area (Å²) in [6, 6.07) is -0.0109. The van der Waals surface area contributed by atoms with Gasteiger partial charge in [0.05, 0.1) is 12.4 Å². The SMILES string of the molecule is CN(C)Cc1nc(C(=O)NC(Cn2ccnc2)C(C)(C)C)cs1. The standard InChI is InChI=1S/C16H25N5OS/c1-16(2,3)13(8-21-7-6-17-11-21)19-15(22)12-10-23-14(18-12)9-20(4)5/h6-7,10-11,13H,8-9H2,1-5H3,(H,19,22). The van der Waals surface area contributed by atoms with E-state index in [4.69, 9.17) is 0 Å². The van der Waals surface area contributed by atoms with Crippen LogP contribution in [-0.4, -0.2) is 45.5 Å². The maximum atomic E-state index is 12.5. The summed E-state index contributed by atoms with van der Waals surface area (Å²) in [7, 11) is 3.98. The second-order valence-electron chi connectivity index (χ2n) is 7.02. The van der Waals surface area contributed by atoms with Crippen molar-refractivity contribution in [3.63, 3.8) is 0 Å². The van der Waals surface area contributed by atoms with Gasteiger partial charge in [-0.1, -0.05) is 20.8 Å². The molecule has 2 rings (SSSR count). The van der Waals surface area contributed by atoms with Gasteiger partial charge >= 0.3 is 0 Å². The zero-order valence-electron chi connectivity index (χ0n) is 14.4. The molecule has 1 N–H and O–H groups in total. The first-order chi connectivity index (χ1) is 10.8. The molecule has 0 saturated carbocycles. The van der Waals surface area contributed by atoms with E-state index >= 15 is 0 Å². The van der Waals surface area contributed by atoms with Crippen molar-refractivity contribution in [1.29, 1.82) is 0 Å². The van der Waals surface area contributed by atoms with Gasteiger partial charge < -0.3 is 14.8 Å². The van der Waals surface area contributed by atoms with Crippen LogP contribution in [0.1, 0.15) is 36.3 Å². The molecule has 0 aliphatic rings. The van der Waals surface area contributed by atoms with Crippen LogP contribution >= 0.6 is 11.3 Å². The molecule has 0 aliphatic heterocycles. The number of hydrogen-bond donors (Lipinski definition) is 1. The van der Waals surface area contributed by atoms with Crippen molar-refractivity contribution in [2.24, 2.45) is 5.41 Å². The van der Waals surface area contributed by atoms with Crippen molar-refractivity contribution in [2.75, 3.05) is 14.1 Å². The molecule has 0 fully saturated rings. The number of imidazole rings is 1. The van der Waals surface area contributed by atoms with Crippen LogP contribution in [0.5, 0.6) is 0 Å². The predicted molar refractivity (Wildman–Crippen MR) is 92.4 cm³/mol. The van der Waals surface area contributed by atoms with Crippen LogP contribution < -0.4 is 5.32 Å². The lowest BCUT2D eigenvalue weighted by molar-refractivity contribution is 0.0888. The van der Waals surface area contributed by atoms with E-state index in [1.165, 1.54) is 11.3 Å². The lowest BCUT2D eigenvalue weighted by Crippen LogP contribution is -2.46. The number of nitrogens with zero attached hydrogens (tertiary/aromatic N) is 4. The molecule has 0 aliphatic carbocycles. The highest BCUT2D eigenvalue weighted by molar-refractivity contribution is 7.09. The van der Waals surface area contributed by atoms with Crippen molar-refractivity contribution in [3.8, 4) is 0 Å². The summed E-state index contributed by atoms with van der Waals surface area (Å²) < 4.78 is 1.98. The fourth-order valence-electron chi connectivity index (χ4n) is 2.13. The number of carbonyl (C=O) groups is 1. The van der Waals surface area contributed by atoms with Crippen LogP contribution in [0.25, 0.3) is 0 Å². The Morgan fingerprint density at radius 1 is 1.43 bits per heavy atom. The Labute approximate surface area is 141 Å². The quantitative estimate of drug-likeness (QED) is 0.879. The fourth-order valence-corrected chi connectivity index (χ4v) is 3.02. The van der Waals surface area contributed by atoms with Crippen LogP contribution in [0.2, 0.25) is 0 Å². The highest BCUT2D eigenvalue weighted by Crippen LogP contribution is 2.21. The first-order valence-electron chi connectivity index (χ1n) is 7.61. The summed E-state index contributed by atoms with van der Waals surface area (Å²) in [4.78, 5) is 23.1. The van der Waals surface area contributed by atoms with E-state index in [1.807, 2.05) is 35.1 Å². The predicted octanol–water partition coefficient (Wildman–Crippen LogP) is 2.25. The number of rotatable bonds is 6. The van der Waals surface area contributed by atoms with Crippen LogP contribution in [-0.2, 0) is 13.1 Å². The molecule has 0 radical (unpaired) electrons. The molecule has 126 valence electrons. The summed E-state index contributed by atoms with van der Waals surface area (Å²) in [5.41, 5.74) is 0.425. The smallest absolute Gasteiger partial charge is 0.271 e. The van der Waals surface area contributed by atoms with Crippen molar-refractivity contribution >= 4 is 17.2 Å². The van der Waals surface area contributed by atoms with Gasteiger partial charge in [-0.2, -0.15) is 0 Å². The van der Waals surface area contributed by atoms with Crippen molar-refractivity contribution in [3.05, 3.63) is 34.8 Å². The number of amides is 1. The molecule has 0 saturated heterocycles. The molecule has 1 amide bonds. The van der Waals surface area contributed by atoms with Gasteiger partial charge in [-0.05, 0) is 19.5 Å². The number of hydrogen-bond acceptors (Lipinski definition) is 5. The summed E-state index contributed by atoms with van der Waals surface area (Å²) in [6.07, 6.45) is 5.42. The topological polar surface area (TPSA) is 63.1 Å². The summed E-state index contributed by atoms with van der Waals surface area (Å²) in [5.74, 6) is -0.119. The van der Waals surface area contributed by atoms with E-state index in [0.29, 0.717) is 12.2 Å². The van der Waals surface area contributed by atoms with Gasteiger partial charge in [-0.3, -0.25) is 4.79 Å². The van der Waals surface area contributed by atoms with E-state index in [0.717, 1.165) is 11.6 Å². The molecule has 0 bridgehead atoms. The minimum Gasteiger partial charge on any atom is -0.346 e. The highest BCUT2D eigenvalue weighted by Gasteiger charge is 2.27. The van der Waals surface area contributed by atoms with Crippen molar-refractivity contribution in [1.82, 2.24) is 24.8 Å². The van der Waals surface area contributed by atoms with E-state index < -0.39 is 0 Å². The van der Waals surface area contributed by atoms with Crippen LogP contribution in [0, 0.1) is 5.41 Å². The minimum atomic E-state index is -0.119. The average Bonchev–Trinajstić information content (AvgIpc) is 3.07. The number of thiazole rings is 1.